The fourth-order valence-corrected chi connectivity index (χ4v) is 3.43. The lowest BCUT2D eigenvalue weighted by molar-refractivity contribution is 0.397. The van der Waals surface area contributed by atoms with Crippen LogP contribution in [-0.2, 0) is 6.54 Å². The zero-order chi connectivity index (χ0) is 21.3. The molecule has 0 spiro atoms. The first-order valence-corrected chi connectivity index (χ1v) is 9.61. The van der Waals surface area contributed by atoms with Crippen molar-refractivity contribution in [3.8, 4) is 16.9 Å². The molecular formula is C23H22N2O5. The number of hydrogen-bond acceptors (Lipinski definition) is 7. The Bertz CT molecular complexity index is 1340. The van der Waals surface area contributed by atoms with E-state index in [1.165, 1.54) is 12.1 Å². The normalized spacial score (nSPS) is 11.6. The number of rotatable bonds is 6. The summed E-state index contributed by atoms with van der Waals surface area (Å²) in [4.78, 5) is 27.0. The standard InChI is InChI=1S/C23H22N2O5/c1-25(2)10-9-24-13-18-19(26)8-7-15-16(12-21(27)30-22(15)18)17-11-14-5-3-4-6-20(14)29-23(17)28/h3-8,11-12,24,26H,9-10,13H2,1-2H3. The summed E-state index contributed by atoms with van der Waals surface area (Å²) in [6.45, 7) is 1.83. The number of nitrogens with zero attached hydrogens (tertiary/aromatic N) is 1. The second kappa shape index (κ2) is 8.14. The Hall–Kier alpha value is -3.42. The van der Waals surface area contributed by atoms with Gasteiger partial charge in [-0.05, 0) is 38.4 Å². The smallest absolute Gasteiger partial charge is 0.344 e. The minimum Gasteiger partial charge on any atom is -0.507 e. The molecule has 7 heteroatoms. The van der Waals surface area contributed by atoms with Gasteiger partial charge >= 0.3 is 11.3 Å². The Morgan fingerprint density at radius 1 is 1.00 bits per heavy atom. The number of aromatic hydroxyl groups is 1. The van der Waals surface area contributed by atoms with Gasteiger partial charge in [0.25, 0.3) is 0 Å². The van der Waals surface area contributed by atoms with Crippen molar-refractivity contribution in [2.45, 2.75) is 6.54 Å². The third kappa shape index (κ3) is 3.85. The van der Waals surface area contributed by atoms with Crippen molar-refractivity contribution in [1.29, 1.82) is 0 Å². The van der Waals surface area contributed by atoms with Gasteiger partial charge in [-0.3, -0.25) is 0 Å². The molecule has 0 unspecified atom stereocenters. The first-order valence-electron chi connectivity index (χ1n) is 9.61. The highest BCUT2D eigenvalue weighted by molar-refractivity contribution is 5.97. The maximum Gasteiger partial charge on any atom is 0.344 e. The number of nitrogens with one attached hydrogen (secondary N) is 1. The van der Waals surface area contributed by atoms with Gasteiger partial charge in [-0.2, -0.15) is 0 Å². The van der Waals surface area contributed by atoms with Crippen molar-refractivity contribution >= 4 is 21.9 Å². The van der Waals surface area contributed by atoms with E-state index in [-0.39, 0.29) is 16.9 Å². The SMILES string of the molecule is CN(C)CCNCc1c(O)ccc2c(-c3cc4ccccc4oc3=O)cc(=O)oc12. The van der Waals surface area contributed by atoms with E-state index in [0.717, 1.165) is 11.9 Å². The summed E-state index contributed by atoms with van der Waals surface area (Å²) in [5.41, 5.74) is 0.725. The van der Waals surface area contributed by atoms with E-state index < -0.39 is 11.3 Å². The largest absolute Gasteiger partial charge is 0.507 e. The molecule has 0 aliphatic carbocycles. The monoisotopic (exact) mass is 406 g/mol. The van der Waals surface area contributed by atoms with Crippen LogP contribution in [0.25, 0.3) is 33.1 Å². The van der Waals surface area contributed by atoms with Gasteiger partial charge in [-0.1, -0.05) is 18.2 Å². The molecule has 0 radical (unpaired) electrons. The molecule has 0 atom stereocenters. The van der Waals surface area contributed by atoms with E-state index in [2.05, 4.69) is 5.32 Å². The highest BCUT2D eigenvalue weighted by atomic mass is 16.4. The highest BCUT2D eigenvalue weighted by Gasteiger charge is 2.17. The summed E-state index contributed by atoms with van der Waals surface area (Å²) in [5.74, 6) is 0.0192. The van der Waals surface area contributed by atoms with Crippen LogP contribution in [0, 0.1) is 0 Å². The minimum absolute atomic E-state index is 0.0192. The molecule has 0 saturated heterocycles. The third-order valence-electron chi connectivity index (χ3n) is 4.96. The zero-order valence-electron chi connectivity index (χ0n) is 16.8. The third-order valence-corrected chi connectivity index (χ3v) is 4.96. The van der Waals surface area contributed by atoms with Crippen molar-refractivity contribution in [2.75, 3.05) is 27.2 Å². The van der Waals surface area contributed by atoms with Crippen molar-refractivity contribution in [1.82, 2.24) is 10.2 Å². The number of phenols is 1. The maximum atomic E-state index is 12.6. The number of likely N-dealkylation sites (N-methyl/N-ethyl adjacent to an activating group) is 1. The number of fused-ring (bicyclic) bond motifs is 2. The van der Waals surface area contributed by atoms with Gasteiger partial charge in [-0.15, -0.1) is 0 Å². The van der Waals surface area contributed by atoms with E-state index in [9.17, 15) is 14.7 Å². The van der Waals surface area contributed by atoms with Crippen LogP contribution in [0.2, 0.25) is 0 Å². The average molecular weight is 406 g/mol. The lowest BCUT2D eigenvalue weighted by Crippen LogP contribution is -2.26. The predicted molar refractivity (Wildman–Crippen MR) is 116 cm³/mol. The number of benzene rings is 2. The van der Waals surface area contributed by atoms with Crippen LogP contribution in [0.1, 0.15) is 5.56 Å². The molecule has 7 nitrogen and oxygen atoms in total. The second-order valence-corrected chi connectivity index (χ2v) is 7.38. The summed E-state index contributed by atoms with van der Waals surface area (Å²) in [6.07, 6.45) is 0. The van der Waals surface area contributed by atoms with E-state index in [4.69, 9.17) is 8.83 Å². The van der Waals surface area contributed by atoms with Gasteiger partial charge in [0, 0.05) is 42.0 Å². The van der Waals surface area contributed by atoms with Gasteiger partial charge in [0.15, 0.2) is 0 Å². The van der Waals surface area contributed by atoms with Gasteiger partial charge in [-0.25, -0.2) is 9.59 Å². The van der Waals surface area contributed by atoms with E-state index in [1.54, 1.807) is 24.3 Å². The Kier molecular flexibility index (Phi) is 5.39. The van der Waals surface area contributed by atoms with Crippen LogP contribution in [-0.4, -0.2) is 37.2 Å². The van der Waals surface area contributed by atoms with E-state index >= 15 is 0 Å². The average Bonchev–Trinajstić information content (AvgIpc) is 2.71. The molecule has 2 aromatic carbocycles. The van der Waals surface area contributed by atoms with Crippen molar-refractivity contribution in [3.05, 3.63) is 74.9 Å². The number of phenolic OH excluding ortho intramolecular Hbond substituents is 1. The second-order valence-electron chi connectivity index (χ2n) is 7.38. The Balaban J connectivity index is 1.86. The molecular weight excluding hydrogens is 384 g/mol. The molecule has 2 heterocycles. The molecule has 0 aliphatic rings. The van der Waals surface area contributed by atoms with Gasteiger partial charge in [0.1, 0.15) is 16.9 Å². The maximum absolute atomic E-state index is 12.6. The van der Waals surface area contributed by atoms with E-state index in [1.807, 2.05) is 31.1 Å². The number of para-hydroxylation sites is 1. The summed E-state index contributed by atoms with van der Waals surface area (Å²) in [5, 5.41) is 14.9. The fourth-order valence-electron chi connectivity index (χ4n) is 3.43. The lowest BCUT2D eigenvalue weighted by Gasteiger charge is -2.13. The molecule has 0 fully saturated rings. The predicted octanol–water partition coefficient (Wildman–Crippen LogP) is 2.92. The summed E-state index contributed by atoms with van der Waals surface area (Å²) >= 11 is 0. The van der Waals surface area contributed by atoms with Crippen LogP contribution in [0.4, 0.5) is 0 Å². The highest BCUT2D eigenvalue weighted by Crippen LogP contribution is 2.32. The molecule has 0 bridgehead atoms. The molecule has 0 saturated carbocycles. The molecule has 30 heavy (non-hydrogen) atoms. The zero-order valence-corrected chi connectivity index (χ0v) is 16.8. The Labute approximate surface area is 172 Å². The topological polar surface area (TPSA) is 95.9 Å². The molecule has 2 N–H and O–H groups in total. The van der Waals surface area contributed by atoms with Gasteiger partial charge < -0.3 is 24.2 Å². The molecule has 0 aliphatic heterocycles. The first kappa shape index (κ1) is 19.9. The van der Waals surface area contributed by atoms with Crippen LogP contribution >= 0.6 is 0 Å². The quantitative estimate of drug-likeness (QED) is 0.375. The Morgan fingerprint density at radius 3 is 2.60 bits per heavy atom. The van der Waals surface area contributed by atoms with Gasteiger partial charge in [0.05, 0.1) is 11.1 Å². The summed E-state index contributed by atoms with van der Waals surface area (Å²) in [7, 11) is 3.94. The fraction of sp³-hybridized carbons (Fsp3) is 0.217. The molecule has 154 valence electrons. The van der Waals surface area contributed by atoms with Crippen molar-refractivity contribution < 1.29 is 13.9 Å². The van der Waals surface area contributed by atoms with Crippen LogP contribution in [0.15, 0.2) is 67.0 Å². The Morgan fingerprint density at radius 2 is 1.80 bits per heavy atom. The van der Waals surface area contributed by atoms with Crippen LogP contribution in [0.5, 0.6) is 5.75 Å². The van der Waals surface area contributed by atoms with Gasteiger partial charge in [0.2, 0.25) is 0 Å². The summed E-state index contributed by atoms with van der Waals surface area (Å²) < 4.78 is 10.9. The van der Waals surface area contributed by atoms with Crippen LogP contribution < -0.4 is 16.6 Å². The molecule has 0 amide bonds. The molecule has 4 aromatic rings. The van der Waals surface area contributed by atoms with Crippen molar-refractivity contribution in [3.63, 3.8) is 0 Å². The number of hydrogen-bond donors (Lipinski definition) is 2. The van der Waals surface area contributed by atoms with E-state index in [0.29, 0.717) is 35.2 Å². The van der Waals surface area contributed by atoms with Crippen LogP contribution in [0.3, 0.4) is 0 Å². The molecule has 4 rings (SSSR count). The minimum atomic E-state index is -0.606. The summed E-state index contributed by atoms with van der Waals surface area (Å²) in [6, 6.07) is 13.4. The molecule has 2 aromatic heterocycles. The first-order chi connectivity index (χ1) is 14.4. The van der Waals surface area contributed by atoms with Crippen molar-refractivity contribution in [2.24, 2.45) is 0 Å². The lowest BCUT2D eigenvalue weighted by atomic mass is 10.00.